The average Bonchev–Trinajstić information content (AvgIpc) is 3.17. The summed E-state index contributed by atoms with van der Waals surface area (Å²) in [5, 5.41) is 3.41. The summed E-state index contributed by atoms with van der Waals surface area (Å²) < 4.78 is 17.5. The summed E-state index contributed by atoms with van der Waals surface area (Å²) in [5.41, 5.74) is 2.33. The smallest absolute Gasteiger partial charge is 0.123 e. The van der Waals surface area contributed by atoms with E-state index in [9.17, 15) is 0 Å². The van der Waals surface area contributed by atoms with Gasteiger partial charge in [0.05, 0.1) is 6.10 Å². The van der Waals surface area contributed by atoms with Crippen LogP contribution < -0.4 is 14.8 Å². The maximum Gasteiger partial charge on any atom is 0.123 e. The zero-order chi connectivity index (χ0) is 19.1. The van der Waals surface area contributed by atoms with Crippen molar-refractivity contribution in [2.45, 2.75) is 45.1 Å². The molecule has 0 bridgehead atoms. The van der Waals surface area contributed by atoms with Crippen LogP contribution in [-0.4, -0.2) is 32.5 Å². The van der Waals surface area contributed by atoms with Crippen molar-refractivity contribution in [2.75, 3.05) is 31.7 Å². The summed E-state index contributed by atoms with van der Waals surface area (Å²) in [6.07, 6.45) is 2.46. The number of rotatable bonds is 8. The van der Waals surface area contributed by atoms with Gasteiger partial charge in [-0.25, -0.2) is 0 Å². The van der Waals surface area contributed by atoms with Crippen LogP contribution in [0.1, 0.15) is 39.2 Å². The first kappa shape index (κ1) is 19.6. The monoisotopic (exact) mass is 369 g/mol. The maximum atomic E-state index is 6.02. The summed E-state index contributed by atoms with van der Waals surface area (Å²) in [7, 11) is 0. The van der Waals surface area contributed by atoms with E-state index in [0.29, 0.717) is 13.2 Å². The summed E-state index contributed by atoms with van der Waals surface area (Å²) in [5.74, 6) is 1.83. The molecule has 1 aliphatic rings. The lowest BCUT2D eigenvalue weighted by atomic mass is 9.86. The molecule has 1 aliphatic heterocycles. The van der Waals surface area contributed by atoms with Crippen molar-refractivity contribution in [3.8, 4) is 11.5 Å². The molecular formula is C23H31NO3. The van der Waals surface area contributed by atoms with E-state index in [1.807, 2.05) is 36.4 Å². The van der Waals surface area contributed by atoms with Crippen LogP contribution >= 0.6 is 0 Å². The maximum absolute atomic E-state index is 6.02. The van der Waals surface area contributed by atoms with Crippen molar-refractivity contribution < 1.29 is 14.2 Å². The molecule has 1 fully saturated rings. The molecule has 0 radical (unpaired) electrons. The number of benzene rings is 2. The van der Waals surface area contributed by atoms with E-state index in [4.69, 9.17) is 14.2 Å². The van der Waals surface area contributed by atoms with E-state index < -0.39 is 0 Å². The number of anilines is 1. The third-order valence-electron chi connectivity index (χ3n) is 4.68. The zero-order valence-electron chi connectivity index (χ0n) is 16.7. The predicted octanol–water partition coefficient (Wildman–Crippen LogP) is 5.03. The molecule has 4 heteroatoms. The van der Waals surface area contributed by atoms with Gasteiger partial charge in [0.25, 0.3) is 0 Å². The summed E-state index contributed by atoms with van der Waals surface area (Å²) in [6.45, 7) is 9.42. The lowest BCUT2D eigenvalue weighted by Gasteiger charge is -2.22. The highest BCUT2D eigenvalue weighted by atomic mass is 16.5. The number of ether oxygens (including phenoxy) is 3. The molecule has 0 amide bonds. The fourth-order valence-corrected chi connectivity index (χ4v) is 3.23. The van der Waals surface area contributed by atoms with Crippen LogP contribution in [0.4, 0.5) is 5.69 Å². The second kappa shape index (κ2) is 9.14. The Labute approximate surface area is 162 Å². The van der Waals surface area contributed by atoms with Crippen molar-refractivity contribution in [1.82, 2.24) is 0 Å². The Morgan fingerprint density at radius 2 is 1.93 bits per heavy atom. The zero-order valence-corrected chi connectivity index (χ0v) is 16.7. The molecule has 1 unspecified atom stereocenters. The van der Waals surface area contributed by atoms with Gasteiger partial charge in [0, 0.05) is 24.9 Å². The predicted molar refractivity (Wildman–Crippen MR) is 110 cm³/mol. The Morgan fingerprint density at radius 1 is 1.07 bits per heavy atom. The van der Waals surface area contributed by atoms with Crippen molar-refractivity contribution in [2.24, 2.45) is 0 Å². The van der Waals surface area contributed by atoms with Crippen LogP contribution in [0.15, 0.2) is 48.5 Å². The van der Waals surface area contributed by atoms with Crippen LogP contribution in [0.5, 0.6) is 11.5 Å². The Hall–Kier alpha value is -2.20. The molecule has 3 rings (SSSR count). The fraction of sp³-hybridized carbons (Fsp3) is 0.478. The normalized spacial score (nSPS) is 16.9. The van der Waals surface area contributed by atoms with Gasteiger partial charge in [0.1, 0.15) is 24.7 Å². The van der Waals surface area contributed by atoms with Crippen molar-refractivity contribution >= 4 is 5.69 Å². The molecule has 1 atom stereocenters. The van der Waals surface area contributed by atoms with Crippen LogP contribution in [-0.2, 0) is 10.2 Å². The molecule has 0 aromatic heterocycles. The minimum atomic E-state index is 0.0682. The van der Waals surface area contributed by atoms with Gasteiger partial charge in [0.2, 0.25) is 0 Å². The van der Waals surface area contributed by atoms with E-state index in [-0.39, 0.29) is 11.5 Å². The number of hydrogen-bond acceptors (Lipinski definition) is 4. The van der Waals surface area contributed by atoms with Crippen LogP contribution in [0, 0.1) is 0 Å². The van der Waals surface area contributed by atoms with Gasteiger partial charge in [0.15, 0.2) is 0 Å². The molecule has 1 N–H and O–H groups in total. The highest BCUT2D eigenvalue weighted by molar-refractivity contribution is 5.48. The second-order valence-electron chi connectivity index (χ2n) is 8.00. The summed E-state index contributed by atoms with van der Waals surface area (Å²) in [4.78, 5) is 0. The quantitative estimate of drug-likeness (QED) is 0.662. The lowest BCUT2D eigenvalue weighted by Crippen LogP contribution is -2.17. The Balaban J connectivity index is 1.46. The van der Waals surface area contributed by atoms with E-state index in [1.54, 1.807) is 0 Å². The first-order valence-corrected chi connectivity index (χ1v) is 9.83. The average molecular weight is 370 g/mol. The first-order valence-electron chi connectivity index (χ1n) is 9.83. The fourth-order valence-electron chi connectivity index (χ4n) is 3.23. The Morgan fingerprint density at radius 3 is 2.70 bits per heavy atom. The molecule has 4 nitrogen and oxygen atoms in total. The SMILES string of the molecule is CC(C)(C)c1ccccc1OCCNc1cccc(OCC2CCCO2)c1. The third-order valence-corrected chi connectivity index (χ3v) is 4.68. The molecule has 0 aliphatic carbocycles. The van der Waals surface area contributed by atoms with Crippen molar-refractivity contribution in [3.63, 3.8) is 0 Å². The molecule has 1 heterocycles. The molecule has 0 spiro atoms. The van der Waals surface area contributed by atoms with Crippen molar-refractivity contribution in [1.29, 1.82) is 0 Å². The highest BCUT2D eigenvalue weighted by Gasteiger charge is 2.18. The number of para-hydroxylation sites is 1. The number of hydrogen-bond donors (Lipinski definition) is 1. The highest BCUT2D eigenvalue weighted by Crippen LogP contribution is 2.30. The van der Waals surface area contributed by atoms with E-state index in [2.05, 4.69) is 38.2 Å². The van der Waals surface area contributed by atoms with Crippen LogP contribution in [0.2, 0.25) is 0 Å². The molecule has 0 saturated carbocycles. The Bertz CT molecular complexity index is 718. The molecular weight excluding hydrogens is 338 g/mol. The van der Waals surface area contributed by atoms with Gasteiger partial charge in [-0.2, -0.15) is 0 Å². The first-order chi connectivity index (χ1) is 13.0. The van der Waals surface area contributed by atoms with Crippen molar-refractivity contribution in [3.05, 3.63) is 54.1 Å². The standard InChI is InChI=1S/C23H31NO3/c1-23(2,3)21-11-4-5-12-22(21)26-15-13-24-18-8-6-9-19(16-18)27-17-20-10-7-14-25-20/h4-6,8-9,11-12,16,20,24H,7,10,13-15,17H2,1-3H3. The minimum Gasteiger partial charge on any atom is -0.491 e. The van der Waals surface area contributed by atoms with Gasteiger partial charge >= 0.3 is 0 Å². The second-order valence-corrected chi connectivity index (χ2v) is 8.00. The minimum absolute atomic E-state index is 0.0682. The van der Waals surface area contributed by atoms with Crippen LogP contribution in [0.25, 0.3) is 0 Å². The van der Waals surface area contributed by atoms with E-state index in [1.165, 1.54) is 5.56 Å². The van der Waals surface area contributed by atoms with Gasteiger partial charge in [-0.1, -0.05) is 45.0 Å². The van der Waals surface area contributed by atoms with Gasteiger partial charge in [-0.3, -0.25) is 0 Å². The van der Waals surface area contributed by atoms with Gasteiger partial charge < -0.3 is 19.5 Å². The summed E-state index contributed by atoms with van der Waals surface area (Å²) in [6, 6.07) is 16.3. The summed E-state index contributed by atoms with van der Waals surface area (Å²) >= 11 is 0. The topological polar surface area (TPSA) is 39.7 Å². The van der Waals surface area contributed by atoms with Crippen LogP contribution in [0.3, 0.4) is 0 Å². The van der Waals surface area contributed by atoms with E-state index in [0.717, 1.165) is 43.2 Å². The lowest BCUT2D eigenvalue weighted by molar-refractivity contribution is 0.0680. The van der Waals surface area contributed by atoms with E-state index >= 15 is 0 Å². The largest absolute Gasteiger partial charge is 0.491 e. The van der Waals surface area contributed by atoms with Gasteiger partial charge in [-0.05, 0) is 42.0 Å². The Kier molecular flexibility index (Phi) is 6.62. The molecule has 1 saturated heterocycles. The van der Waals surface area contributed by atoms with Gasteiger partial charge in [-0.15, -0.1) is 0 Å². The third kappa shape index (κ3) is 5.90. The molecule has 146 valence electrons. The molecule has 27 heavy (non-hydrogen) atoms. The molecule has 2 aromatic carbocycles. The molecule has 2 aromatic rings. The number of nitrogens with one attached hydrogen (secondary N) is 1.